The second-order valence-electron chi connectivity index (χ2n) is 11.6. The molecule has 1 aliphatic heterocycles. The third-order valence-electron chi connectivity index (χ3n) is 8.15. The Bertz CT molecular complexity index is 1830. The third kappa shape index (κ3) is 7.30. The van der Waals surface area contributed by atoms with Crippen molar-refractivity contribution in [1.82, 2.24) is 9.21 Å². The van der Waals surface area contributed by atoms with E-state index in [1.165, 1.54) is 40.5 Å². The minimum atomic E-state index is -3.84. The van der Waals surface area contributed by atoms with E-state index in [0.29, 0.717) is 11.3 Å². The van der Waals surface area contributed by atoms with Crippen molar-refractivity contribution in [1.29, 1.82) is 0 Å². The maximum Gasteiger partial charge on any atom is 0.323 e. The molecule has 0 saturated carbocycles. The summed E-state index contributed by atoms with van der Waals surface area (Å²) < 4.78 is 47.7. The standard InChI is InChI=1S/C34H37FN4O6S/c1-22-18-39(23(2)20-40)33(41)28-11-7-13-30(37-34(42)36-29-12-6-9-25-8-4-5-10-27(25)29)32(28)45-31(22)19-38(3)46(43,44)21-24-14-16-26(35)17-15-24/h4-17,22-23,31,40H,18-21H2,1-3H3,(H2,36,37,42)/t22-,23+,31+/m1/s1. The van der Waals surface area contributed by atoms with Crippen LogP contribution >= 0.6 is 0 Å². The first kappa shape index (κ1) is 32.9. The first-order valence-corrected chi connectivity index (χ1v) is 16.5. The number of carbonyl (C=O) groups excluding carboxylic acids is 2. The number of benzene rings is 4. The lowest BCUT2D eigenvalue weighted by molar-refractivity contribution is 0.0389. The molecule has 0 radical (unpaired) electrons. The molecule has 10 nitrogen and oxygen atoms in total. The van der Waals surface area contributed by atoms with E-state index in [9.17, 15) is 27.5 Å². The molecule has 0 unspecified atom stereocenters. The number of rotatable bonds is 9. The van der Waals surface area contributed by atoms with Gasteiger partial charge in [-0.05, 0) is 48.2 Å². The molecular weight excluding hydrogens is 611 g/mol. The van der Waals surface area contributed by atoms with Crippen LogP contribution in [0.3, 0.4) is 0 Å². The zero-order chi connectivity index (χ0) is 33.0. The van der Waals surface area contributed by atoms with E-state index < -0.39 is 39.9 Å². The van der Waals surface area contributed by atoms with Crippen LogP contribution in [0.5, 0.6) is 5.75 Å². The lowest BCUT2D eigenvalue weighted by Crippen LogP contribution is -2.50. The Morgan fingerprint density at radius 1 is 1.02 bits per heavy atom. The number of para-hydroxylation sites is 1. The molecule has 12 heteroatoms. The lowest BCUT2D eigenvalue weighted by atomic mass is 9.99. The molecule has 3 amide bonds. The van der Waals surface area contributed by atoms with Crippen molar-refractivity contribution in [2.45, 2.75) is 31.7 Å². The Morgan fingerprint density at radius 2 is 1.67 bits per heavy atom. The van der Waals surface area contributed by atoms with Crippen LogP contribution in [0, 0.1) is 11.7 Å². The van der Waals surface area contributed by atoms with Gasteiger partial charge < -0.3 is 25.4 Å². The monoisotopic (exact) mass is 648 g/mol. The number of carbonyl (C=O) groups is 2. The van der Waals surface area contributed by atoms with Gasteiger partial charge in [0, 0.05) is 24.9 Å². The number of aliphatic hydroxyl groups is 1. The van der Waals surface area contributed by atoms with Crippen LogP contribution in [0.1, 0.15) is 29.8 Å². The highest BCUT2D eigenvalue weighted by molar-refractivity contribution is 7.88. The van der Waals surface area contributed by atoms with Crippen LogP contribution in [0.4, 0.5) is 20.6 Å². The molecular formula is C34H37FN4O6S. The first-order chi connectivity index (χ1) is 22.0. The second-order valence-corrected chi connectivity index (χ2v) is 13.6. The molecule has 0 fully saturated rings. The smallest absolute Gasteiger partial charge is 0.323 e. The number of halogens is 1. The van der Waals surface area contributed by atoms with Gasteiger partial charge in [0.05, 0.1) is 41.9 Å². The van der Waals surface area contributed by atoms with Gasteiger partial charge in [-0.1, -0.05) is 61.5 Å². The molecule has 0 spiro atoms. The number of nitrogens with one attached hydrogen (secondary N) is 2. The van der Waals surface area contributed by atoms with Crippen LogP contribution in [-0.2, 0) is 15.8 Å². The van der Waals surface area contributed by atoms with Gasteiger partial charge in [0.25, 0.3) is 5.91 Å². The van der Waals surface area contributed by atoms with E-state index in [4.69, 9.17) is 4.74 Å². The third-order valence-corrected chi connectivity index (χ3v) is 9.95. The fourth-order valence-corrected chi connectivity index (χ4v) is 6.65. The van der Waals surface area contributed by atoms with Gasteiger partial charge in [-0.3, -0.25) is 4.79 Å². The summed E-state index contributed by atoms with van der Waals surface area (Å²) in [4.78, 5) is 28.6. The Morgan fingerprint density at radius 3 is 2.41 bits per heavy atom. The highest BCUT2D eigenvalue weighted by atomic mass is 32.2. The zero-order valence-electron chi connectivity index (χ0n) is 25.8. The zero-order valence-corrected chi connectivity index (χ0v) is 26.6. The molecule has 0 saturated heterocycles. The topological polar surface area (TPSA) is 128 Å². The largest absolute Gasteiger partial charge is 0.486 e. The van der Waals surface area contributed by atoms with Gasteiger partial charge in [0.2, 0.25) is 10.0 Å². The van der Waals surface area contributed by atoms with Crippen LogP contribution in [0.15, 0.2) is 84.9 Å². The number of urea groups is 1. The number of nitrogens with zero attached hydrogens (tertiary/aromatic N) is 2. The van der Waals surface area contributed by atoms with Crippen molar-refractivity contribution in [3.05, 3.63) is 102 Å². The highest BCUT2D eigenvalue weighted by Gasteiger charge is 2.36. The Labute approximate surface area is 267 Å². The minimum Gasteiger partial charge on any atom is -0.486 e. The molecule has 5 rings (SSSR count). The van der Waals surface area contributed by atoms with E-state index in [2.05, 4.69) is 10.6 Å². The van der Waals surface area contributed by atoms with Crippen molar-refractivity contribution in [2.75, 3.05) is 37.4 Å². The van der Waals surface area contributed by atoms with Crippen LogP contribution in [0.2, 0.25) is 0 Å². The highest BCUT2D eigenvalue weighted by Crippen LogP contribution is 2.35. The molecule has 0 aromatic heterocycles. The van der Waals surface area contributed by atoms with E-state index in [1.807, 2.05) is 43.3 Å². The van der Waals surface area contributed by atoms with Crippen molar-refractivity contribution in [2.24, 2.45) is 5.92 Å². The quantitative estimate of drug-likeness (QED) is 0.226. The fourth-order valence-electron chi connectivity index (χ4n) is 5.44. The number of sulfonamides is 1. The average Bonchev–Trinajstić information content (AvgIpc) is 3.03. The molecule has 1 aliphatic rings. The van der Waals surface area contributed by atoms with E-state index in [0.717, 1.165) is 10.8 Å². The van der Waals surface area contributed by atoms with Gasteiger partial charge in [0.1, 0.15) is 11.9 Å². The van der Waals surface area contributed by atoms with Crippen LogP contribution in [0.25, 0.3) is 10.8 Å². The van der Waals surface area contributed by atoms with Gasteiger partial charge in [-0.15, -0.1) is 0 Å². The predicted octanol–water partition coefficient (Wildman–Crippen LogP) is 5.30. The number of fused-ring (bicyclic) bond motifs is 2. The number of hydrogen-bond donors (Lipinski definition) is 3. The summed E-state index contributed by atoms with van der Waals surface area (Å²) in [5.74, 6) is -1.48. The van der Waals surface area contributed by atoms with E-state index in [-0.39, 0.29) is 48.4 Å². The van der Waals surface area contributed by atoms with Gasteiger partial charge in [-0.2, -0.15) is 0 Å². The van der Waals surface area contributed by atoms with Gasteiger partial charge >= 0.3 is 6.03 Å². The number of hydrogen-bond acceptors (Lipinski definition) is 6. The molecule has 242 valence electrons. The molecule has 0 aliphatic carbocycles. The van der Waals surface area contributed by atoms with Gasteiger partial charge in [-0.25, -0.2) is 21.9 Å². The van der Waals surface area contributed by atoms with Crippen molar-refractivity contribution < 1.29 is 32.2 Å². The molecule has 3 N–H and O–H groups in total. The second kappa shape index (κ2) is 13.9. The number of anilines is 2. The molecule has 3 atom stereocenters. The Kier molecular flexibility index (Phi) is 9.90. The van der Waals surface area contributed by atoms with Crippen LogP contribution in [-0.4, -0.2) is 73.6 Å². The molecule has 0 bridgehead atoms. The summed E-state index contributed by atoms with van der Waals surface area (Å²) in [5, 5.41) is 17.4. The first-order valence-electron chi connectivity index (χ1n) is 14.9. The number of likely N-dealkylation sites (N-methyl/N-ethyl adjacent to an activating group) is 1. The van der Waals surface area contributed by atoms with Crippen molar-refractivity contribution in [3.63, 3.8) is 0 Å². The Hall–Kier alpha value is -4.52. The number of ether oxygens (including phenoxy) is 1. The van der Waals surface area contributed by atoms with E-state index in [1.54, 1.807) is 31.2 Å². The normalized spacial score (nSPS) is 17.5. The summed E-state index contributed by atoms with van der Waals surface area (Å²) in [6, 6.07) is 22.1. The van der Waals surface area contributed by atoms with Gasteiger partial charge in [0.15, 0.2) is 5.75 Å². The molecule has 1 heterocycles. The molecule has 46 heavy (non-hydrogen) atoms. The summed E-state index contributed by atoms with van der Waals surface area (Å²) in [6.45, 7) is 3.40. The van der Waals surface area contributed by atoms with Crippen molar-refractivity contribution >= 4 is 44.1 Å². The minimum absolute atomic E-state index is 0.0732. The maximum atomic E-state index is 13.8. The Balaban J connectivity index is 1.45. The number of amides is 3. The maximum absolute atomic E-state index is 13.8. The van der Waals surface area contributed by atoms with Crippen molar-refractivity contribution in [3.8, 4) is 5.75 Å². The van der Waals surface area contributed by atoms with Crippen LogP contribution < -0.4 is 15.4 Å². The SMILES string of the molecule is C[C@@H]1CN([C@@H](C)CO)C(=O)c2cccc(NC(=O)Nc3cccc4ccccc34)c2O[C@H]1CN(C)S(=O)(=O)Cc1ccc(F)cc1. The molecule has 4 aromatic carbocycles. The predicted molar refractivity (Wildman–Crippen MR) is 176 cm³/mol. The summed E-state index contributed by atoms with van der Waals surface area (Å²) in [7, 11) is -2.40. The summed E-state index contributed by atoms with van der Waals surface area (Å²) >= 11 is 0. The number of aliphatic hydroxyl groups excluding tert-OH is 1. The van der Waals surface area contributed by atoms with E-state index >= 15 is 0 Å². The summed E-state index contributed by atoms with van der Waals surface area (Å²) in [6.07, 6.45) is -0.752. The average molecular weight is 649 g/mol. The summed E-state index contributed by atoms with van der Waals surface area (Å²) in [5.41, 5.74) is 1.41. The fraction of sp³-hybridized carbons (Fsp3) is 0.294. The molecule has 4 aromatic rings. The lowest BCUT2D eigenvalue weighted by Gasteiger charge is -2.38.